The van der Waals surface area contributed by atoms with E-state index in [1.807, 2.05) is 67.9 Å². The van der Waals surface area contributed by atoms with Crippen LogP contribution >= 0.6 is 11.8 Å². The molecule has 3 aromatic rings. The maximum atomic E-state index is 12.5. The third-order valence-corrected chi connectivity index (χ3v) is 5.96. The summed E-state index contributed by atoms with van der Waals surface area (Å²) in [6.45, 7) is 6.00. The summed E-state index contributed by atoms with van der Waals surface area (Å²) in [6.07, 6.45) is 0.566. The molecule has 1 heterocycles. The minimum Gasteiger partial charge on any atom is -0.497 e. The van der Waals surface area contributed by atoms with Gasteiger partial charge in [0.1, 0.15) is 11.5 Å². The van der Waals surface area contributed by atoms with E-state index in [0.29, 0.717) is 11.0 Å². The maximum absolute atomic E-state index is 12.5. The number of aromatic nitrogens is 3. The summed E-state index contributed by atoms with van der Waals surface area (Å²) in [4.78, 5) is 12.5. The molecule has 0 aliphatic rings. The number of ether oxygens (including phenoxy) is 2. The number of thioether (sulfide) groups is 1. The first kappa shape index (κ1) is 22.7. The van der Waals surface area contributed by atoms with Crippen molar-refractivity contribution in [1.29, 1.82) is 0 Å². The van der Waals surface area contributed by atoms with Crippen LogP contribution < -0.4 is 14.8 Å². The van der Waals surface area contributed by atoms with Gasteiger partial charge in [-0.1, -0.05) is 36.9 Å². The van der Waals surface area contributed by atoms with E-state index in [4.69, 9.17) is 9.47 Å². The lowest BCUT2D eigenvalue weighted by atomic mass is 10.1. The number of para-hydroxylation sites is 1. The van der Waals surface area contributed by atoms with Crippen molar-refractivity contribution in [3.63, 3.8) is 0 Å². The van der Waals surface area contributed by atoms with Crippen LogP contribution in [0.4, 0.5) is 5.69 Å². The molecule has 7 nitrogen and oxygen atoms in total. The van der Waals surface area contributed by atoms with Crippen LogP contribution in [0.1, 0.15) is 36.9 Å². The first-order valence-corrected chi connectivity index (χ1v) is 11.1. The molecule has 0 saturated carbocycles. The quantitative estimate of drug-likeness (QED) is 0.491. The van der Waals surface area contributed by atoms with E-state index < -0.39 is 0 Å². The summed E-state index contributed by atoms with van der Waals surface area (Å²) < 4.78 is 13.0. The molecule has 1 unspecified atom stereocenters. The Labute approximate surface area is 187 Å². The summed E-state index contributed by atoms with van der Waals surface area (Å²) in [5.41, 5.74) is 3.09. The Balaban J connectivity index is 1.60. The van der Waals surface area contributed by atoms with Crippen molar-refractivity contribution in [2.75, 3.05) is 18.2 Å². The molecule has 0 saturated heterocycles. The molecule has 0 spiro atoms. The topological polar surface area (TPSA) is 78.3 Å². The largest absolute Gasteiger partial charge is 0.497 e. The average molecular weight is 441 g/mol. The standard InChI is InChI=1S/C23H28N4O3S/c1-6-17-9-7-8-15(2)21(17)24-20(28)14-31-23-26-25-22(27(23)4)16(3)30-19-12-10-18(29-5)11-13-19/h7-13,16H,6,14H2,1-5H3,(H,24,28). The van der Waals surface area contributed by atoms with Crippen LogP contribution in [-0.2, 0) is 18.3 Å². The molecule has 0 aliphatic carbocycles. The predicted molar refractivity (Wildman–Crippen MR) is 123 cm³/mol. The molecule has 1 aromatic heterocycles. The number of amides is 1. The van der Waals surface area contributed by atoms with Crippen molar-refractivity contribution >= 4 is 23.4 Å². The number of hydrogen-bond acceptors (Lipinski definition) is 6. The lowest BCUT2D eigenvalue weighted by Crippen LogP contribution is -2.16. The Kier molecular flexibility index (Phi) is 7.57. The third-order valence-electron chi connectivity index (χ3n) is 4.94. The Morgan fingerprint density at radius 2 is 1.87 bits per heavy atom. The zero-order chi connectivity index (χ0) is 22.4. The van der Waals surface area contributed by atoms with Gasteiger partial charge in [0, 0.05) is 12.7 Å². The monoisotopic (exact) mass is 440 g/mol. The molecule has 1 atom stereocenters. The van der Waals surface area contributed by atoms with E-state index >= 15 is 0 Å². The number of hydrogen-bond donors (Lipinski definition) is 1. The molecule has 0 bridgehead atoms. The normalized spacial score (nSPS) is 11.8. The number of nitrogens with one attached hydrogen (secondary N) is 1. The first-order chi connectivity index (χ1) is 14.9. The minimum atomic E-state index is -0.298. The van der Waals surface area contributed by atoms with Gasteiger partial charge < -0.3 is 19.4 Å². The van der Waals surface area contributed by atoms with Gasteiger partial charge in [0.05, 0.1) is 12.9 Å². The lowest BCUT2D eigenvalue weighted by Gasteiger charge is -2.15. The van der Waals surface area contributed by atoms with E-state index in [1.165, 1.54) is 11.8 Å². The van der Waals surface area contributed by atoms with E-state index in [-0.39, 0.29) is 17.8 Å². The smallest absolute Gasteiger partial charge is 0.234 e. The zero-order valence-electron chi connectivity index (χ0n) is 18.5. The molecule has 8 heteroatoms. The summed E-state index contributed by atoms with van der Waals surface area (Å²) in [6, 6.07) is 13.4. The summed E-state index contributed by atoms with van der Waals surface area (Å²) >= 11 is 1.35. The van der Waals surface area contributed by atoms with E-state index in [1.54, 1.807) is 7.11 Å². The van der Waals surface area contributed by atoms with Gasteiger partial charge in [0.25, 0.3) is 0 Å². The van der Waals surface area contributed by atoms with Crippen LogP contribution in [0, 0.1) is 6.92 Å². The maximum Gasteiger partial charge on any atom is 0.234 e. The van der Waals surface area contributed by atoms with Gasteiger partial charge in [-0.25, -0.2) is 0 Å². The summed E-state index contributed by atoms with van der Waals surface area (Å²) in [7, 11) is 3.50. The molecule has 0 radical (unpaired) electrons. The van der Waals surface area contributed by atoms with Crippen LogP contribution in [0.3, 0.4) is 0 Å². The molecule has 164 valence electrons. The molecular formula is C23H28N4O3S. The number of carbonyl (C=O) groups excluding carboxylic acids is 1. The van der Waals surface area contributed by atoms with Crippen LogP contribution in [0.25, 0.3) is 0 Å². The minimum absolute atomic E-state index is 0.0684. The second-order valence-corrected chi connectivity index (χ2v) is 8.08. The highest BCUT2D eigenvalue weighted by Gasteiger charge is 2.18. The molecule has 1 N–H and O–H groups in total. The van der Waals surface area contributed by atoms with Crippen molar-refractivity contribution in [2.24, 2.45) is 7.05 Å². The van der Waals surface area contributed by atoms with Crippen molar-refractivity contribution < 1.29 is 14.3 Å². The van der Waals surface area contributed by atoms with E-state index in [2.05, 4.69) is 22.4 Å². The van der Waals surface area contributed by atoms with Gasteiger partial charge in [0.2, 0.25) is 5.91 Å². The van der Waals surface area contributed by atoms with Crippen LogP contribution in [-0.4, -0.2) is 33.5 Å². The lowest BCUT2D eigenvalue weighted by molar-refractivity contribution is -0.113. The highest BCUT2D eigenvalue weighted by atomic mass is 32.2. The molecule has 2 aromatic carbocycles. The van der Waals surface area contributed by atoms with Gasteiger partial charge in [-0.2, -0.15) is 0 Å². The summed E-state index contributed by atoms with van der Waals surface area (Å²) in [5, 5.41) is 12.2. The van der Waals surface area contributed by atoms with Gasteiger partial charge in [-0.05, 0) is 55.7 Å². The predicted octanol–water partition coefficient (Wildman–Crippen LogP) is 4.57. The van der Waals surface area contributed by atoms with Crippen LogP contribution in [0.15, 0.2) is 47.6 Å². The third kappa shape index (κ3) is 5.58. The molecule has 31 heavy (non-hydrogen) atoms. The molecular weight excluding hydrogens is 412 g/mol. The molecule has 1 amide bonds. The van der Waals surface area contributed by atoms with Gasteiger partial charge >= 0.3 is 0 Å². The van der Waals surface area contributed by atoms with Crippen molar-refractivity contribution in [2.45, 2.75) is 38.5 Å². The fourth-order valence-corrected chi connectivity index (χ4v) is 3.94. The highest BCUT2D eigenvalue weighted by molar-refractivity contribution is 7.99. The summed E-state index contributed by atoms with van der Waals surface area (Å²) in [5.74, 6) is 2.35. The number of anilines is 1. The first-order valence-electron chi connectivity index (χ1n) is 10.1. The van der Waals surface area contributed by atoms with Crippen molar-refractivity contribution in [1.82, 2.24) is 14.8 Å². The van der Waals surface area contributed by atoms with E-state index in [0.717, 1.165) is 34.7 Å². The highest BCUT2D eigenvalue weighted by Crippen LogP contribution is 2.26. The second kappa shape index (κ2) is 10.3. The fourth-order valence-electron chi connectivity index (χ4n) is 3.22. The van der Waals surface area contributed by atoms with Crippen molar-refractivity contribution in [3.05, 3.63) is 59.4 Å². The fraction of sp³-hybridized carbons (Fsp3) is 0.348. The number of methoxy groups -OCH3 is 1. The Bertz CT molecular complexity index is 1030. The van der Waals surface area contributed by atoms with Crippen molar-refractivity contribution in [3.8, 4) is 11.5 Å². The van der Waals surface area contributed by atoms with E-state index in [9.17, 15) is 4.79 Å². The molecule has 0 fully saturated rings. The van der Waals surface area contributed by atoms with Gasteiger partial charge in [0.15, 0.2) is 17.1 Å². The number of carbonyl (C=O) groups is 1. The average Bonchev–Trinajstić information content (AvgIpc) is 3.14. The number of rotatable bonds is 9. The number of aryl methyl sites for hydroxylation is 2. The Morgan fingerprint density at radius 1 is 1.16 bits per heavy atom. The van der Waals surface area contributed by atoms with Crippen LogP contribution in [0.5, 0.6) is 11.5 Å². The molecule has 3 rings (SSSR count). The Morgan fingerprint density at radius 3 is 2.55 bits per heavy atom. The number of benzene rings is 2. The van der Waals surface area contributed by atoms with Crippen LogP contribution in [0.2, 0.25) is 0 Å². The van der Waals surface area contributed by atoms with Gasteiger partial charge in [-0.3, -0.25) is 4.79 Å². The van der Waals surface area contributed by atoms with Gasteiger partial charge in [-0.15, -0.1) is 10.2 Å². The number of nitrogens with zero attached hydrogens (tertiary/aromatic N) is 3. The molecule has 0 aliphatic heterocycles. The zero-order valence-corrected chi connectivity index (χ0v) is 19.3. The SMILES string of the molecule is CCc1cccc(C)c1NC(=O)CSc1nnc(C(C)Oc2ccc(OC)cc2)n1C. The Hall–Kier alpha value is -3.00. The second-order valence-electron chi connectivity index (χ2n) is 7.13.